The molecule has 0 heterocycles. The maximum atomic E-state index is 5.75. The molecule has 134 valence electrons. The van der Waals surface area contributed by atoms with Crippen LogP contribution in [0, 0.1) is 17.3 Å². The van der Waals surface area contributed by atoms with Crippen molar-refractivity contribution in [2.45, 2.75) is 100 Å². The van der Waals surface area contributed by atoms with Crippen LogP contribution in [0.15, 0.2) is 0 Å². The highest BCUT2D eigenvalue weighted by Crippen LogP contribution is 2.38. The van der Waals surface area contributed by atoms with Gasteiger partial charge in [0.05, 0.1) is 0 Å². The standard InChI is InChI=1S/C18H38O4/c1-13(2)16(8,9)19-21-18(12,15(5,6)7)22-20-17(10,11)14(3)4/h13-14H,1-12H3. The molecule has 0 aromatic carbocycles. The van der Waals surface area contributed by atoms with Gasteiger partial charge < -0.3 is 0 Å². The van der Waals surface area contributed by atoms with Crippen LogP contribution in [-0.2, 0) is 19.6 Å². The van der Waals surface area contributed by atoms with Crippen LogP contribution < -0.4 is 0 Å². The largest absolute Gasteiger partial charge is 0.235 e. The van der Waals surface area contributed by atoms with Crippen LogP contribution >= 0.6 is 0 Å². The Hall–Kier alpha value is -0.160. The van der Waals surface area contributed by atoms with Crippen molar-refractivity contribution in [3.8, 4) is 0 Å². The molecule has 22 heavy (non-hydrogen) atoms. The predicted octanol–water partition coefficient (Wildman–Crippen LogP) is 5.51. The van der Waals surface area contributed by atoms with Gasteiger partial charge in [-0.15, -0.1) is 0 Å². The minimum atomic E-state index is -1.02. The number of hydrogen-bond acceptors (Lipinski definition) is 4. The Labute approximate surface area is 137 Å². The van der Waals surface area contributed by atoms with Crippen molar-refractivity contribution in [1.82, 2.24) is 0 Å². The van der Waals surface area contributed by atoms with E-state index in [9.17, 15) is 0 Å². The van der Waals surface area contributed by atoms with Gasteiger partial charge >= 0.3 is 0 Å². The summed E-state index contributed by atoms with van der Waals surface area (Å²) in [5.41, 5.74) is -1.15. The van der Waals surface area contributed by atoms with Gasteiger partial charge in [-0.2, -0.15) is 9.78 Å². The molecule has 0 radical (unpaired) electrons. The van der Waals surface area contributed by atoms with E-state index in [1.54, 1.807) is 0 Å². The maximum Gasteiger partial charge on any atom is 0.235 e. The summed E-state index contributed by atoms with van der Waals surface area (Å²) >= 11 is 0. The molecular formula is C18H38O4. The van der Waals surface area contributed by atoms with Crippen molar-refractivity contribution in [1.29, 1.82) is 0 Å². The molecule has 0 aliphatic carbocycles. The highest BCUT2D eigenvalue weighted by atomic mass is 17.3. The van der Waals surface area contributed by atoms with E-state index in [0.29, 0.717) is 11.8 Å². The smallest absolute Gasteiger partial charge is 0.227 e. The fourth-order valence-electron chi connectivity index (χ4n) is 0.830. The van der Waals surface area contributed by atoms with Crippen LogP contribution in [0.3, 0.4) is 0 Å². The zero-order valence-corrected chi connectivity index (χ0v) is 16.8. The summed E-state index contributed by atoms with van der Waals surface area (Å²) in [5.74, 6) is -0.403. The second kappa shape index (κ2) is 7.16. The molecule has 0 spiro atoms. The maximum absolute atomic E-state index is 5.75. The molecule has 0 aliphatic rings. The minimum Gasteiger partial charge on any atom is -0.227 e. The molecule has 0 rings (SSSR count). The molecule has 0 unspecified atom stereocenters. The summed E-state index contributed by atoms with van der Waals surface area (Å²) in [6.07, 6.45) is 0. The Morgan fingerprint density at radius 1 is 0.500 bits per heavy atom. The van der Waals surface area contributed by atoms with Gasteiger partial charge in [0.15, 0.2) is 0 Å². The number of rotatable bonds is 8. The summed E-state index contributed by atoms with van der Waals surface area (Å²) in [4.78, 5) is 22.9. The summed E-state index contributed by atoms with van der Waals surface area (Å²) in [5, 5.41) is 0. The second-order valence-electron chi connectivity index (χ2n) is 9.05. The van der Waals surface area contributed by atoms with Crippen LogP contribution in [0.1, 0.15) is 83.1 Å². The van der Waals surface area contributed by atoms with Crippen molar-refractivity contribution in [3.05, 3.63) is 0 Å². The molecular weight excluding hydrogens is 280 g/mol. The third-order valence-corrected chi connectivity index (χ3v) is 4.97. The lowest BCUT2D eigenvalue weighted by Gasteiger charge is -2.42. The first kappa shape index (κ1) is 21.8. The Morgan fingerprint density at radius 2 is 0.773 bits per heavy atom. The first-order chi connectivity index (χ1) is 9.55. The fourth-order valence-corrected chi connectivity index (χ4v) is 0.830. The molecule has 0 aliphatic heterocycles. The normalized spacial score (nSPS) is 15.0. The molecule has 0 amide bonds. The van der Waals surface area contributed by atoms with E-state index in [1.165, 1.54) is 0 Å². The van der Waals surface area contributed by atoms with E-state index in [2.05, 4.69) is 27.7 Å². The third kappa shape index (κ3) is 5.80. The molecule has 0 bridgehead atoms. The Balaban J connectivity index is 5.05. The van der Waals surface area contributed by atoms with Gasteiger partial charge in [-0.1, -0.05) is 48.5 Å². The van der Waals surface area contributed by atoms with Gasteiger partial charge in [-0.25, -0.2) is 9.78 Å². The van der Waals surface area contributed by atoms with Gasteiger partial charge in [0.25, 0.3) is 0 Å². The Bertz CT molecular complexity index is 313. The zero-order valence-electron chi connectivity index (χ0n) is 16.8. The average molecular weight is 318 g/mol. The Kier molecular flexibility index (Phi) is 7.11. The van der Waals surface area contributed by atoms with E-state index < -0.39 is 17.0 Å². The lowest BCUT2D eigenvalue weighted by atomic mass is 9.87. The highest BCUT2D eigenvalue weighted by Gasteiger charge is 2.46. The minimum absolute atomic E-state index is 0.310. The molecule has 0 N–H and O–H groups in total. The average Bonchev–Trinajstić information content (AvgIpc) is 2.32. The van der Waals surface area contributed by atoms with E-state index in [1.807, 2.05) is 55.4 Å². The first-order valence-electron chi connectivity index (χ1n) is 8.29. The lowest BCUT2D eigenvalue weighted by Crippen LogP contribution is -2.49. The molecule has 0 aromatic heterocycles. The zero-order chi connectivity index (χ0) is 18.0. The van der Waals surface area contributed by atoms with E-state index >= 15 is 0 Å². The predicted molar refractivity (Wildman–Crippen MR) is 90.0 cm³/mol. The second-order valence-corrected chi connectivity index (χ2v) is 9.05. The molecule has 0 saturated carbocycles. The van der Waals surface area contributed by atoms with Crippen molar-refractivity contribution < 1.29 is 19.6 Å². The highest BCUT2D eigenvalue weighted by molar-refractivity contribution is 4.79. The molecule has 0 fully saturated rings. The van der Waals surface area contributed by atoms with Crippen LogP contribution in [0.25, 0.3) is 0 Å². The van der Waals surface area contributed by atoms with Gasteiger partial charge in [0.1, 0.15) is 11.2 Å². The topological polar surface area (TPSA) is 36.9 Å². The SMILES string of the molecule is CC(C)C(C)(C)OOC(C)(OOC(C)(C)C(C)C)C(C)(C)C. The van der Waals surface area contributed by atoms with E-state index in [4.69, 9.17) is 19.6 Å². The summed E-state index contributed by atoms with van der Waals surface area (Å²) in [6, 6.07) is 0. The van der Waals surface area contributed by atoms with Crippen molar-refractivity contribution in [2.24, 2.45) is 17.3 Å². The molecule has 0 saturated heterocycles. The first-order valence-corrected chi connectivity index (χ1v) is 8.29. The molecule has 4 nitrogen and oxygen atoms in total. The lowest BCUT2D eigenvalue weighted by molar-refractivity contribution is -0.561. The summed E-state index contributed by atoms with van der Waals surface area (Å²) in [7, 11) is 0. The van der Waals surface area contributed by atoms with Gasteiger partial charge in [-0.3, -0.25) is 0 Å². The molecule has 4 heteroatoms. The summed E-state index contributed by atoms with van der Waals surface area (Å²) in [6.45, 7) is 24.3. The molecule has 0 aromatic rings. The van der Waals surface area contributed by atoms with Crippen molar-refractivity contribution in [3.63, 3.8) is 0 Å². The van der Waals surface area contributed by atoms with Crippen molar-refractivity contribution in [2.75, 3.05) is 0 Å². The van der Waals surface area contributed by atoms with Gasteiger partial charge in [0.2, 0.25) is 5.79 Å². The summed E-state index contributed by atoms with van der Waals surface area (Å²) < 4.78 is 0. The van der Waals surface area contributed by atoms with Crippen LogP contribution in [0.4, 0.5) is 0 Å². The quantitative estimate of drug-likeness (QED) is 0.336. The van der Waals surface area contributed by atoms with Gasteiger partial charge in [-0.05, 0) is 46.5 Å². The van der Waals surface area contributed by atoms with E-state index in [0.717, 1.165) is 0 Å². The van der Waals surface area contributed by atoms with Crippen LogP contribution in [-0.4, -0.2) is 17.0 Å². The monoisotopic (exact) mass is 318 g/mol. The number of hydrogen-bond donors (Lipinski definition) is 0. The fraction of sp³-hybridized carbons (Fsp3) is 1.00. The van der Waals surface area contributed by atoms with Crippen LogP contribution in [0.5, 0.6) is 0 Å². The Morgan fingerprint density at radius 3 is 0.955 bits per heavy atom. The van der Waals surface area contributed by atoms with E-state index in [-0.39, 0.29) is 5.41 Å². The third-order valence-electron chi connectivity index (χ3n) is 4.97. The van der Waals surface area contributed by atoms with Gasteiger partial charge in [0, 0.05) is 5.41 Å². The molecule has 0 atom stereocenters. The van der Waals surface area contributed by atoms with Crippen molar-refractivity contribution >= 4 is 0 Å². The van der Waals surface area contributed by atoms with Crippen LogP contribution in [0.2, 0.25) is 0 Å².